The molecule has 0 fully saturated rings. The Kier molecular flexibility index (Phi) is 34.5. The first kappa shape index (κ1) is 41.9. The number of hydrogen-bond donors (Lipinski definition) is 1. The van der Waals surface area contributed by atoms with E-state index in [0.29, 0.717) is 19.6 Å². The molecule has 5 heteroatoms. The molecule has 1 N–H and O–H groups in total. The zero-order chi connectivity index (χ0) is 31.5. The number of esters is 2. The second-order valence-corrected chi connectivity index (χ2v) is 13.0. The summed E-state index contributed by atoms with van der Waals surface area (Å²) in [5.74, 6) is -0.466. The molecule has 0 aliphatic carbocycles. The number of nitrogens with one attached hydrogen (secondary N) is 1. The van der Waals surface area contributed by atoms with E-state index in [1.807, 2.05) is 0 Å². The lowest BCUT2D eigenvalue weighted by Crippen LogP contribution is -2.36. The molecule has 0 spiro atoms. The van der Waals surface area contributed by atoms with Crippen LogP contribution in [0.25, 0.3) is 0 Å². The van der Waals surface area contributed by atoms with Crippen molar-refractivity contribution >= 4 is 11.9 Å². The molecule has 0 aliphatic rings. The minimum Gasteiger partial charge on any atom is -0.466 e. The fourth-order valence-corrected chi connectivity index (χ4v) is 5.77. The SMILES string of the molecule is CCCCCCCCCCCCCCCCOC(=O)CC[C@H](NC)C(=O)OCCCCCCCCCCCCCCCC. The average Bonchev–Trinajstić information content (AvgIpc) is 3.01. The van der Waals surface area contributed by atoms with Crippen LogP contribution in [-0.2, 0) is 19.1 Å². The number of hydrogen-bond acceptors (Lipinski definition) is 5. The van der Waals surface area contributed by atoms with Crippen molar-refractivity contribution in [1.29, 1.82) is 0 Å². The lowest BCUT2D eigenvalue weighted by atomic mass is 10.0. The molecule has 256 valence electrons. The first-order chi connectivity index (χ1) is 21.2. The normalized spacial score (nSPS) is 12.0. The van der Waals surface area contributed by atoms with E-state index in [4.69, 9.17) is 9.47 Å². The lowest BCUT2D eigenvalue weighted by molar-refractivity contribution is -0.147. The predicted molar refractivity (Wildman–Crippen MR) is 185 cm³/mol. The van der Waals surface area contributed by atoms with E-state index < -0.39 is 6.04 Å². The molecule has 0 saturated heterocycles. The topological polar surface area (TPSA) is 64.6 Å². The molecule has 1 atom stereocenters. The first-order valence-electron chi connectivity index (χ1n) is 19.1. The maximum absolute atomic E-state index is 12.4. The second kappa shape index (κ2) is 35.4. The lowest BCUT2D eigenvalue weighted by Gasteiger charge is -2.15. The quantitative estimate of drug-likeness (QED) is 0.0572. The van der Waals surface area contributed by atoms with Gasteiger partial charge < -0.3 is 14.8 Å². The van der Waals surface area contributed by atoms with Crippen LogP contribution in [0.4, 0.5) is 0 Å². The molecule has 0 amide bonds. The summed E-state index contributed by atoms with van der Waals surface area (Å²) in [5.41, 5.74) is 0. The van der Waals surface area contributed by atoms with Crippen molar-refractivity contribution in [2.45, 2.75) is 213 Å². The van der Waals surface area contributed by atoms with Crippen LogP contribution in [0.1, 0.15) is 206 Å². The van der Waals surface area contributed by atoms with Gasteiger partial charge in [-0.25, -0.2) is 0 Å². The van der Waals surface area contributed by atoms with Crippen molar-refractivity contribution in [3.8, 4) is 0 Å². The van der Waals surface area contributed by atoms with Crippen molar-refractivity contribution in [3.05, 3.63) is 0 Å². The van der Waals surface area contributed by atoms with Crippen LogP contribution < -0.4 is 5.32 Å². The monoisotopic (exact) mass is 610 g/mol. The molecule has 0 heterocycles. The van der Waals surface area contributed by atoms with Crippen molar-refractivity contribution in [3.63, 3.8) is 0 Å². The highest BCUT2D eigenvalue weighted by molar-refractivity contribution is 5.77. The largest absolute Gasteiger partial charge is 0.466 e. The summed E-state index contributed by atoms with van der Waals surface area (Å²) in [5, 5.41) is 3.00. The molecular formula is C38H75NO4. The number of unbranched alkanes of at least 4 members (excludes halogenated alkanes) is 26. The summed E-state index contributed by atoms with van der Waals surface area (Å²) in [6, 6.07) is -0.444. The van der Waals surface area contributed by atoms with Gasteiger partial charge in [0, 0.05) is 6.42 Å². The van der Waals surface area contributed by atoms with Crippen LogP contribution in [0.2, 0.25) is 0 Å². The Bertz CT molecular complexity index is 582. The summed E-state index contributed by atoms with van der Waals surface area (Å²) in [6.07, 6.45) is 37.4. The van der Waals surface area contributed by atoms with Crippen molar-refractivity contribution in [2.24, 2.45) is 0 Å². The third-order valence-electron chi connectivity index (χ3n) is 8.77. The Balaban J connectivity index is 3.50. The Hall–Kier alpha value is -1.10. The zero-order valence-electron chi connectivity index (χ0n) is 29.3. The number of carbonyl (C=O) groups excluding carboxylic acids is 2. The molecule has 5 nitrogen and oxygen atoms in total. The average molecular weight is 610 g/mol. The standard InChI is InChI=1S/C38H75NO4/c1-4-6-8-10-12-14-16-18-20-22-24-26-28-30-34-42-37(40)33-32-36(39-3)38(41)43-35-31-29-27-25-23-21-19-17-15-13-11-9-7-5-2/h36,39H,4-35H2,1-3H3/t36-/m0/s1. The molecule has 0 rings (SSSR count). The van der Waals surface area contributed by atoms with Crippen LogP contribution in [0.5, 0.6) is 0 Å². The van der Waals surface area contributed by atoms with Crippen LogP contribution in [0.3, 0.4) is 0 Å². The highest BCUT2D eigenvalue weighted by Gasteiger charge is 2.19. The van der Waals surface area contributed by atoms with Gasteiger partial charge in [-0.1, -0.05) is 181 Å². The second-order valence-electron chi connectivity index (χ2n) is 13.0. The van der Waals surface area contributed by atoms with Gasteiger partial charge in [0.05, 0.1) is 13.2 Å². The Morgan fingerprint density at radius 1 is 0.465 bits per heavy atom. The highest BCUT2D eigenvalue weighted by Crippen LogP contribution is 2.14. The molecule has 0 bridgehead atoms. The smallest absolute Gasteiger partial charge is 0.323 e. The van der Waals surface area contributed by atoms with Crippen molar-refractivity contribution in [1.82, 2.24) is 5.32 Å². The molecule has 0 saturated carbocycles. The van der Waals surface area contributed by atoms with Crippen LogP contribution in [0.15, 0.2) is 0 Å². The molecule has 0 aromatic rings. The van der Waals surface area contributed by atoms with Gasteiger partial charge >= 0.3 is 11.9 Å². The van der Waals surface area contributed by atoms with Gasteiger partial charge in [-0.2, -0.15) is 0 Å². The molecular weight excluding hydrogens is 534 g/mol. The van der Waals surface area contributed by atoms with E-state index in [1.54, 1.807) is 7.05 Å². The van der Waals surface area contributed by atoms with E-state index in [1.165, 1.54) is 154 Å². The summed E-state index contributed by atoms with van der Waals surface area (Å²) < 4.78 is 10.9. The van der Waals surface area contributed by atoms with Gasteiger partial charge in [-0.15, -0.1) is 0 Å². The van der Waals surface area contributed by atoms with Gasteiger partial charge in [0.15, 0.2) is 0 Å². The molecule has 0 aliphatic heterocycles. The summed E-state index contributed by atoms with van der Waals surface area (Å²) in [4.78, 5) is 24.5. The summed E-state index contributed by atoms with van der Waals surface area (Å²) in [7, 11) is 1.75. The Morgan fingerprint density at radius 2 is 0.767 bits per heavy atom. The third-order valence-corrected chi connectivity index (χ3v) is 8.77. The number of rotatable bonds is 35. The van der Waals surface area contributed by atoms with Crippen molar-refractivity contribution < 1.29 is 19.1 Å². The van der Waals surface area contributed by atoms with Crippen LogP contribution >= 0.6 is 0 Å². The van der Waals surface area contributed by atoms with Gasteiger partial charge in [0.1, 0.15) is 6.04 Å². The predicted octanol–water partition coefficient (Wildman–Crippen LogP) is 11.4. The van der Waals surface area contributed by atoms with Gasteiger partial charge in [-0.05, 0) is 26.3 Å². The minimum absolute atomic E-state index is 0.213. The first-order valence-corrected chi connectivity index (χ1v) is 19.1. The summed E-state index contributed by atoms with van der Waals surface area (Å²) >= 11 is 0. The minimum atomic E-state index is -0.444. The Morgan fingerprint density at radius 3 is 1.09 bits per heavy atom. The van der Waals surface area contributed by atoms with Crippen molar-refractivity contribution in [2.75, 3.05) is 20.3 Å². The van der Waals surface area contributed by atoms with E-state index in [9.17, 15) is 9.59 Å². The Labute approximate surface area is 268 Å². The third kappa shape index (κ3) is 32.1. The molecule has 0 aromatic heterocycles. The number of carbonyl (C=O) groups is 2. The maximum Gasteiger partial charge on any atom is 0.323 e. The van der Waals surface area contributed by atoms with E-state index >= 15 is 0 Å². The number of ether oxygens (including phenoxy) is 2. The van der Waals surface area contributed by atoms with Crippen LogP contribution in [-0.4, -0.2) is 38.2 Å². The fraction of sp³-hybridized carbons (Fsp3) is 0.947. The molecule has 0 radical (unpaired) electrons. The van der Waals surface area contributed by atoms with E-state index in [-0.39, 0.29) is 18.4 Å². The van der Waals surface area contributed by atoms with E-state index in [0.717, 1.165) is 25.7 Å². The zero-order valence-corrected chi connectivity index (χ0v) is 29.3. The molecule has 0 unspecified atom stereocenters. The maximum atomic E-state index is 12.4. The van der Waals surface area contributed by atoms with Gasteiger partial charge in [0.2, 0.25) is 0 Å². The summed E-state index contributed by atoms with van der Waals surface area (Å²) in [6.45, 7) is 5.51. The van der Waals surface area contributed by atoms with Gasteiger partial charge in [-0.3, -0.25) is 9.59 Å². The van der Waals surface area contributed by atoms with Crippen LogP contribution in [0, 0.1) is 0 Å². The van der Waals surface area contributed by atoms with Gasteiger partial charge in [0.25, 0.3) is 0 Å². The fourth-order valence-electron chi connectivity index (χ4n) is 5.77. The molecule has 0 aromatic carbocycles. The highest BCUT2D eigenvalue weighted by atomic mass is 16.5. The van der Waals surface area contributed by atoms with E-state index in [2.05, 4.69) is 19.2 Å². The number of likely N-dealkylation sites (N-methyl/N-ethyl adjacent to an activating group) is 1. The molecule has 43 heavy (non-hydrogen) atoms.